The topological polar surface area (TPSA) is 51.6 Å². The maximum atomic E-state index is 5.49. The molecule has 264 valence electrons. The molecule has 52 heavy (non-hydrogen) atoms. The third-order valence-electron chi connectivity index (χ3n) is 12.4. The van der Waals surface area contributed by atoms with Crippen molar-refractivity contribution in [2.24, 2.45) is 0 Å². The zero-order valence-electron chi connectivity index (χ0n) is 33.0. The molecule has 0 radical (unpaired) electrons. The molecule has 0 fully saturated rings. The van der Waals surface area contributed by atoms with E-state index in [2.05, 4.69) is 142 Å². The van der Waals surface area contributed by atoms with Crippen LogP contribution < -0.4 is 0 Å². The Morgan fingerprint density at radius 1 is 0.385 bits per heavy atom. The van der Waals surface area contributed by atoms with Crippen molar-refractivity contribution in [1.29, 1.82) is 0 Å². The van der Waals surface area contributed by atoms with Crippen LogP contribution in [-0.4, -0.2) is 36.1 Å². The predicted molar refractivity (Wildman–Crippen MR) is 228 cm³/mol. The second-order valence-electron chi connectivity index (χ2n) is 16.8. The summed E-state index contributed by atoms with van der Waals surface area (Å²) in [5.41, 5.74) is 24.1. The lowest BCUT2D eigenvalue weighted by Crippen LogP contribution is -2.43. The zero-order valence-corrected chi connectivity index (χ0v) is 35.0. The smallest absolute Gasteiger partial charge is 0.146 e. The van der Waals surface area contributed by atoms with E-state index in [1.165, 1.54) is 22.3 Å². The lowest BCUT2D eigenvalue weighted by molar-refractivity contribution is 0.838. The van der Waals surface area contributed by atoms with E-state index < -0.39 is 16.1 Å². The molecular weight excluding hydrogens is 665 g/mol. The molecule has 6 aromatic rings. The minimum atomic E-state index is -2.11. The molecule has 0 atom stereocenters. The number of aromatic nitrogens is 4. The van der Waals surface area contributed by atoms with Gasteiger partial charge in [-0.15, -0.1) is 11.1 Å². The third kappa shape index (κ3) is 5.41. The Labute approximate surface area is 312 Å². The molecule has 0 unspecified atom stereocenters. The van der Waals surface area contributed by atoms with E-state index in [0.717, 1.165) is 55.3 Å². The van der Waals surface area contributed by atoms with Gasteiger partial charge in [-0.05, 0) is 79.8 Å². The summed E-state index contributed by atoms with van der Waals surface area (Å²) in [6.45, 7) is 28.3. The summed E-state index contributed by atoms with van der Waals surface area (Å²) in [6, 6.07) is 21.2. The summed E-state index contributed by atoms with van der Waals surface area (Å²) in [4.78, 5) is 21.7. The molecule has 2 heterocycles. The van der Waals surface area contributed by atoms with E-state index in [0.29, 0.717) is 33.2 Å². The van der Waals surface area contributed by atoms with Crippen molar-refractivity contribution in [3.63, 3.8) is 0 Å². The molecule has 0 saturated carbocycles. The van der Waals surface area contributed by atoms with Crippen LogP contribution in [0.2, 0.25) is 33.2 Å². The Balaban J connectivity index is 1.67. The van der Waals surface area contributed by atoms with Gasteiger partial charge in [0.1, 0.15) is 38.2 Å². The summed E-state index contributed by atoms with van der Waals surface area (Å²) >= 11 is 0. The van der Waals surface area contributed by atoms with Gasteiger partial charge in [-0.25, -0.2) is 19.9 Å². The maximum Gasteiger partial charge on any atom is 0.146 e. The number of fused-ring (bicyclic) bond motifs is 8. The fourth-order valence-electron chi connectivity index (χ4n) is 9.80. The fraction of sp³-hybridized carbons (Fsp3) is 0.391. The molecule has 1 aliphatic carbocycles. The number of nitrogens with zero attached hydrogens (tertiary/aromatic N) is 4. The van der Waals surface area contributed by atoms with E-state index in [4.69, 9.17) is 19.9 Å². The van der Waals surface area contributed by atoms with Gasteiger partial charge >= 0.3 is 0 Å². The first-order valence-electron chi connectivity index (χ1n) is 19.3. The monoisotopic (exact) mass is 716 g/mol. The van der Waals surface area contributed by atoms with Crippen LogP contribution in [0.25, 0.3) is 66.4 Å². The lowest BCUT2D eigenvalue weighted by atomic mass is 9.80. The number of hydrogen-bond donors (Lipinski definition) is 0. The second kappa shape index (κ2) is 13.2. The molecule has 0 aliphatic heterocycles. The van der Waals surface area contributed by atoms with Gasteiger partial charge in [0.25, 0.3) is 0 Å². The largest absolute Gasteiger partial charge is 0.243 e. The highest BCUT2D eigenvalue weighted by Crippen LogP contribution is 2.49. The van der Waals surface area contributed by atoms with Crippen LogP contribution in [0.5, 0.6) is 0 Å². The van der Waals surface area contributed by atoms with Crippen molar-refractivity contribution < 1.29 is 0 Å². The van der Waals surface area contributed by atoms with Crippen LogP contribution in [0.4, 0.5) is 0 Å². The normalized spacial score (nSPS) is 13.0. The number of para-hydroxylation sites is 2. The van der Waals surface area contributed by atoms with Crippen LogP contribution in [0.1, 0.15) is 94.2 Å². The van der Waals surface area contributed by atoms with Gasteiger partial charge in [0.15, 0.2) is 0 Å². The van der Waals surface area contributed by atoms with Gasteiger partial charge in [-0.1, -0.05) is 131 Å². The van der Waals surface area contributed by atoms with Crippen molar-refractivity contribution in [3.8, 4) is 45.2 Å². The van der Waals surface area contributed by atoms with E-state index in [1.54, 1.807) is 0 Å². The van der Waals surface area contributed by atoms with Gasteiger partial charge in [0.2, 0.25) is 0 Å². The summed E-state index contributed by atoms with van der Waals surface area (Å²) in [5, 5.41) is 0. The lowest BCUT2D eigenvalue weighted by Gasteiger charge is -2.38. The minimum Gasteiger partial charge on any atom is -0.243 e. The summed E-state index contributed by atoms with van der Waals surface area (Å²) < 4.78 is 0. The predicted octanol–water partition coefficient (Wildman–Crippen LogP) is 12.7. The van der Waals surface area contributed by atoms with Gasteiger partial charge < -0.3 is 0 Å². The van der Waals surface area contributed by atoms with Crippen LogP contribution >= 0.6 is 0 Å². The van der Waals surface area contributed by atoms with Crippen LogP contribution in [0.3, 0.4) is 0 Å². The standard InChI is InChI=1S/C46H52N4Si2/c1-27(2)51(28(3)4,29(5)6)23-21-35-43-44(48-40-20-16-15-19-39(40)47-43)36(22-24-52(30(7)8,31(9)10)32(11)12)46-45(35)49-41-25-37-33-17-13-14-18-34(33)38(37)26-42(41)50-46/h13-20,25-32H,1-12H3. The van der Waals surface area contributed by atoms with Crippen molar-refractivity contribution >= 4 is 60.3 Å². The Morgan fingerprint density at radius 3 is 0.981 bits per heavy atom. The Kier molecular flexibility index (Phi) is 9.17. The first-order chi connectivity index (χ1) is 24.7. The molecule has 0 N–H and O–H groups in total. The van der Waals surface area contributed by atoms with Crippen LogP contribution in [-0.2, 0) is 0 Å². The summed E-state index contributed by atoms with van der Waals surface area (Å²) in [7, 11) is -4.22. The van der Waals surface area contributed by atoms with E-state index in [-0.39, 0.29) is 0 Å². The van der Waals surface area contributed by atoms with E-state index >= 15 is 0 Å². The van der Waals surface area contributed by atoms with Crippen molar-refractivity contribution in [2.45, 2.75) is 116 Å². The third-order valence-corrected chi connectivity index (χ3v) is 24.9. The molecule has 0 saturated heterocycles. The average molecular weight is 717 g/mol. The molecular formula is C46H52N4Si2. The molecule has 0 bridgehead atoms. The molecule has 0 spiro atoms. The Morgan fingerprint density at radius 2 is 0.673 bits per heavy atom. The zero-order chi connectivity index (χ0) is 37.3. The van der Waals surface area contributed by atoms with Crippen LogP contribution in [0.15, 0.2) is 60.7 Å². The first-order valence-corrected chi connectivity index (χ1v) is 23.7. The number of benzene rings is 4. The molecule has 1 aliphatic rings. The first kappa shape index (κ1) is 36.0. The van der Waals surface area contributed by atoms with E-state index in [9.17, 15) is 0 Å². The summed E-state index contributed by atoms with van der Waals surface area (Å²) in [5.74, 6) is 7.64. The molecule has 4 aromatic carbocycles. The van der Waals surface area contributed by atoms with Gasteiger partial charge in [-0.2, -0.15) is 0 Å². The number of rotatable bonds is 6. The highest BCUT2D eigenvalue weighted by atomic mass is 28.3. The van der Waals surface area contributed by atoms with E-state index in [1.807, 2.05) is 24.3 Å². The molecule has 6 heteroatoms. The van der Waals surface area contributed by atoms with Crippen LogP contribution in [0, 0.1) is 22.9 Å². The fourth-order valence-corrected chi connectivity index (χ4v) is 20.2. The molecule has 0 amide bonds. The number of hydrogen-bond acceptors (Lipinski definition) is 4. The Hall–Kier alpha value is -4.37. The minimum absolute atomic E-state index is 0.488. The Bertz CT molecular complexity index is 2300. The quantitative estimate of drug-likeness (QED) is 0.0976. The average Bonchev–Trinajstić information content (AvgIpc) is 3.09. The molecule has 4 nitrogen and oxygen atoms in total. The van der Waals surface area contributed by atoms with Crippen molar-refractivity contribution in [3.05, 3.63) is 71.8 Å². The second-order valence-corrected chi connectivity index (χ2v) is 28.0. The van der Waals surface area contributed by atoms with Crippen molar-refractivity contribution in [2.75, 3.05) is 0 Å². The van der Waals surface area contributed by atoms with Gasteiger partial charge in [0, 0.05) is 0 Å². The maximum absolute atomic E-state index is 5.49. The van der Waals surface area contributed by atoms with Gasteiger partial charge in [-0.3, -0.25) is 0 Å². The van der Waals surface area contributed by atoms with Gasteiger partial charge in [0.05, 0.1) is 33.2 Å². The SMILES string of the molecule is CC(C)[Si](C#Cc1c2nc3ccccc3nc2c(C#C[Si](C(C)C)(C(C)C)C(C)C)c2nc3cc4c(cc3nc12)-c1ccccc1-4)(C(C)C)C(C)C. The highest BCUT2D eigenvalue weighted by Gasteiger charge is 2.43. The summed E-state index contributed by atoms with van der Waals surface area (Å²) in [6.07, 6.45) is 0. The van der Waals surface area contributed by atoms with Crippen molar-refractivity contribution in [1.82, 2.24) is 19.9 Å². The molecule has 7 rings (SSSR count). The highest BCUT2D eigenvalue weighted by molar-refractivity contribution is 6.91. The molecule has 2 aromatic heterocycles.